The Labute approximate surface area is 142 Å². The second-order valence-corrected chi connectivity index (χ2v) is 5.50. The van der Waals surface area contributed by atoms with Gasteiger partial charge in [-0.1, -0.05) is 24.3 Å². The van der Waals surface area contributed by atoms with Crippen molar-refractivity contribution in [1.29, 1.82) is 0 Å². The van der Waals surface area contributed by atoms with E-state index >= 15 is 0 Å². The van der Waals surface area contributed by atoms with E-state index in [9.17, 15) is 4.79 Å². The molecule has 0 radical (unpaired) electrons. The van der Waals surface area contributed by atoms with Gasteiger partial charge in [0.1, 0.15) is 5.69 Å². The Kier molecular flexibility index (Phi) is 3.70. The number of nitrogen functional groups attached to an aromatic ring is 1. The number of rotatable bonds is 4. The topological polar surface area (TPSA) is 104 Å². The molecule has 1 aliphatic heterocycles. The van der Waals surface area contributed by atoms with E-state index in [1.54, 1.807) is 6.07 Å². The Balaban J connectivity index is 1.59. The molecule has 0 atom stereocenters. The van der Waals surface area contributed by atoms with Crippen LogP contribution in [0.15, 0.2) is 53.3 Å². The third-order valence-corrected chi connectivity index (χ3v) is 3.80. The van der Waals surface area contributed by atoms with Crippen molar-refractivity contribution in [1.82, 2.24) is 14.9 Å². The lowest BCUT2D eigenvalue weighted by Crippen LogP contribution is -2.34. The SMILES string of the molecule is Nn1c(Nc2ccccc2)nnc(Cc2ccc3c(c2)OCO3)c1=O. The highest BCUT2D eigenvalue weighted by molar-refractivity contribution is 5.52. The fourth-order valence-corrected chi connectivity index (χ4v) is 2.52. The van der Waals surface area contributed by atoms with Crippen LogP contribution in [-0.4, -0.2) is 21.7 Å². The molecule has 0 fully saturated rings. The molecule has 3 aromatic rings. The Morgan fingerprint density at radius 1 is 1.08 bits per heavy atom. The number of nitrogens with two attached hydrogens (primary N) is 1. The van der Waals surface area contributed by atoms with Crippen LogP contribution in [0.1, 0.15) is 11.3 Å². The van der Waals surface area contributed by atoms with Crippen molar-refractivity contribution in [3.05, 3.63) is 70.1 Å². The van der Waals surface area contributed by atoms with Crippen molar-refractivity contribution < 1.29 is 9.47 Å². The number of hydrogen-bond acceptors (Lipinski definition) is 7. The number of para-hydroxylation sites is 1. The molecule has 126 valence electrons. The summed E-state index contributed by atoms with van der Waals surface area (Å²) in [5.74, 6) is 7.38. The highest BCUT2D eigenvalue weighted by atomic mass is 16.7. The van der Waals surface area contributed by atoms with Gasteiger partial charge in [-0.05, 0) is 29.8 Å². The molecule has 3 N–H and O–H groups in total. The minimum atomic E-state index is -0.411. The summed E-state index contributed by atoms with van der Waals surface area (Å²) in [6, 6.07) is 14.8. The maximum atomic E-state index is 12.5. The average Bonchev–Trinajstić information content (AvgIpc) is 3.10. The summed E-state index contributed by atoms with van der Waals surface area (Å²) in [4.78, 5) is 12.5. The molecule has 4 rings (SSSR count). The minimum absolute atomic E-state index is 0.172. The number of nitrogens with one attached hydrogen (secondary N) is 1. The average molecular weight is 337 g/mol. The molecule has 25 heavy (non-hydrogen) atoms. The summed E-state index contributed by atoms with van der Waals surface area (Å²) < 4.78 is 11.6. The molecule has 2 heterocycles. The molecule has 1 aromatic heterocycles. The number of nitrogens with zero attached hydrogens (tertiary/aromatic N) is 3. The van der Waals surface area contributed by atoms with Crippen LogP contribution in [0.4, 0.5) is 11.6 Å². The van der Waals surface area contributed by atoms with Crippen molar-refractivity contribution in [2.75, 3.05) is 18.0 Å². The summed E-state index contributed by atoms with van der Waals surface area (Å²) in [6.45, 7) is 0.202. The quantitative estimate of drug-likeness (QED) is 0.694. The van der Waals surface area contributed by atoms with E-state index < -0.39 is 5.56 Å². The van der Waals surface area contributed by atoms with Crippen LogP contribution in [0.2, 0.25) is 0 Å². The molecule has 1 aliphatic rings. The first-order chi connectivity index (χ1) is 12.2. The van der Waals surface area contributed by atoms with E-state index in [2.05, 4.69) is 15.5 Å². The minimum Gasteiger partial charge on any atom is -0.454 e. The van der Waals surface area contributed by atoms with Gasteiger partial charge in [-0.15, -0.1) is 10.2 Å². The van der Waals surface area contributed by atoms with Gasteiger partial charge in [0.2, 0.25) is 12.7 Å². The zero-order valence-corrected chi connectivity index (χ0v) is 13.2. The predicted molar refractivity (Wildman–Crippen MR) is 91.5 cm³/mol. The molecule has 0 amide bonds. The predicted octanol–water partition coefficient (Wildman–Crippen LogP) is 1.42. The lowest BCUT2D eigenvalue weighted by Gasteiger charge is -2.10. The molecule has 8 heteroatoms. The van der Waals surface area contributed by atoms with Crippen LogP contribution < -0.4 is 26.2 Å². The van der Waals surface area contributed by atoms with E-state index in [1.807, 2.05) is 42.5 Å². The lowest BCUT2D eigenvalue weighted by molar-refractivity contribution is 0.174. The van der Waals surface area contributed by atoms with E-state index in [0.717, 1.165) is 15.9 Å². The van der Waals surface area contributed by atoms with Crippen LogP contribution in [0.25, 0.3) is 0 Å². The highest BCUT2D eigenvalue weighted by Crippen LogP contribution is 2.32. The van der Waals surface area contributed by atoms with Crippen LogP contribution >= 0.6 is 0 Å². The number of fused-ring (bicyclic) bond motifs is 1. The van der Waals surface area contributed by atoms with Crippen LogP contribution in [0.5, 0.6) is 11.5 Å². The third-order valence-electron chi connectivity index (χ3n) is 3.80. The molecule has 2 aromatic carbocycles. The Morgan fingerprint density at radius 3 is 2.72 bits per heavy atom. The van der Waals surface area contributed by atoms with Crippen LogP contribution in [0, 0.1) is 0 Å². The van der Waals surface area contributed by atoms with Crippen LogP contribution in [-0.2, 0) is 6.42 Å². The van der Waals surface area contributed by atoms with Gasteiger partial charge in [-0.3, -0.25) is 4.79 Å². The molecule has 0 unspecified atom stereocenters. The van der Waals surface area contributed by atoms with Crippen molar-refractivity contribution in [2.45, 2.75) is 6.42 Å². The van der Waals surface area contributed by atoms with Gasteiger partial charge in [0.25, 0.3) is 5.56 Å². The second-order valence-electron chi connectivity index (χ2n) is 5.50. The maximum absolute atomic E-state index is 12.5. The van der Waals surface area contributed by atoms with Gasteiger partial charge in [0.15, 0.2) is 11.5 Å². The smallest absolute Gasteiger partial charge is 0.295 e. The van der Waals surface area contributed by atoms with E-state index in [1.165, 1.54) is 0 Å². The third kappa shape index (κ3) is 2.97. The standard InChI is InChI=1S/C17H15N5O3/c18-22-16(23)13(8-11-6-7-14-15(9-11)25-10-24-14)20-21-17(22)19-12-4-2-1-3-5-12/h1-7,9H,8,10,18H2,(H,19,21). The summed E-state index contributed by atoms with van der Waals surface area (Å²) in [6.07, 6.45) is 0.297. The van der Waals surface area contributed by atoms with Crippen molar-refractivity contribution >= 4 is 11.6 Å². The molecule has 0 bridgehead atoms. The molecule has 0 saturated heterocycles. The molecular formula is C17H15N5O3. The van der Waals surface area contributed by atoms with E-state index in [-0.39, 0.29) is 18.4 Å². The molecule has 8 nitrogen and oxygen atoms in total. The molecule has 0 spiro atoms. The fraction of sp³-hybridized carbons (Fsp3) is 0.118. The lowest BCUT2D eigenvalue weighted by atomic mass is 10.1. The Hall–Kier alpha value is -3.55. The Morgan fingerprint density at radius 2 is 1.88 bits per heavy atom. The number of aromatic nitrogens is 3. The number of ether oxygens (including phenoxy) is 2. The fourth-order valence-electron chi connectivity index (χ4n) is 2.52. The monoisotopic (exact) mass is 337 g/mol. The summed E-state index contributed by atoms with van der Waals surface area (Å²) in [5.41, 5.74) is 1.46. The van der Waals surface area contributed by atoms with Gasteiger partial charge in [0.05, 0.1) is 0 Å². The second kappa shape index (κ2) is 6.16. The van der Waals surface area contributed by atoms with Crippen molar-refractivity contribution in [3.8, 4) is 11.5 Å². The van der Waals surface area contributed by atoms with Gasteiger partial charge >= 0.3 is 0 Å². The number of anilines is 2. The summed E-state index contributed by atoms with van der Waals surface area (Å²) in [7, 11) is 0. The highest BCUT2D eigenvalue weighted by Gasteiger charge is 2.16. The van der Waals surface area contributed by atoms with Gasteiger partial charge in [0, 0.05) is 12.1 Å². The number of hydrogen-bond donors (Lipinski definition) is 2. The molecular weight excluding hydrogens is 322 g/mol. The van der Waals surface area contributed by atoms with Gasteiger partial charge in [-0.2, -0.15) is 4.68 Å². The molecule has 0 saturated carbocycles. The first kappa shape index (κ1) is 15.0. The van der Waals surface area contributed by atoms with Crippen molar-refractivity contribution in [2.24, 2.45) is 0 Å². The molecule has 0 aliphatic carbocycles. The normalized spacial score (nSPS) is 12.2. The summed E-state index contributed by atoms with van der Waals surface area (Å²) >= 11 is 0. The van der Waals surface area contributed by atoms with Crippen molar-refractivity contribution in [3.63, 3.8) is 0 Å². The number of benzene rings is 2. The van der Waals surface area contributed by atoms with Gasteiger partial charge < -0.3 is 20.6 Å². The van der Waals surface area contributed by atoms with Gasteiger partial charge in [-0.25, -0.2) is 0 Å². The zero-order valence-electron chi connectivity index (χ0n) is 13.2. The maximum Gasteiger partial charge on any atom is 0.295 e. The zero-order chi connectivity index (χ0) is 17.2. The van der Waals surface area contributed by atoms with E-state index in [0.29, 0.717) is 17.9 Å². The first-order valence-electron chi connectivity index (χ1n) is 7.65. The van der Waals surface area contributed by atoms with E-state index in [4.69, 9.17) is 15.3 Å². The largest absolute Gasteiger partial charge is 0.454 e. The van der Waals surface area contributed by atoms with Crippen LogP contribution in [0.3, 0.4) is 0 Å². The Bertz CT molecular complexity index is 972. The summed E-state index contributed by atoms with van der Waals surface area (Å²) in [5, 5.41) is 11.0. The first-order valence-corrected chi connectivity index (χ1v) is 7.65.